The highest BCUT2D eigenvalue weighted by molar-refractivity contribution is 14.0. The summed E-state index contributed by atoms with van der Waals surface area (Å²) in [6, 6.07) is 16.0. The highest BCUT2D eigenvalue weighted by Crippen LogP contribution is 2.26. The average Bonchev–Trinajstić information content (AvgIpc) is 3.31. The molecule has 0 radical (unpaired) electrons. The Morgan fingerprint density at radius 3 is 2.76 bits per heavy atom. The first-order chi connectivity index (χ1) is 15.6. The van der Waals surface area contributed by atoms with E-state index in [1.807, 2.05) is 36.4 Å². The first kappa shape index (κ1) is 26.8. The summed E-state index contributed by atoms with van der Waals surface area (Å²) in [6.07, 6.45) is 1.95. The van der Waals surface area contributed by atoms with Crippen LogP contribution in [-0.4, -0.2) is 58.7 Å². The maximum atomic E-state index is 11.8. The van der Waals surface area contributed by atoms with E-state index in [1.54, 1.807) is 14.2 Å². The van der Waals surface area contributed by atoms with Crippen LogP contribution in [0.2, 0.25) is 0 Å². The fourth-order valence-corrected chi connectivity index (χ4v) is 3.92. The van der Waals surface area contributed by atoms with Crippen LogP contribution in [0.15, 0.2) is 53.5 Å². The molecule has 7 nitrogen and oxygen atoms in total. The van der Waals surface area contributed by atoms with Crippen molar-refractivity contribution in [3.8, 4) is 5.75 Å². The van der Waals surface area contributed by atoms with Gasteiger partial charge in [0.1, 0.15) is 5.75 Å². The number of hydrogen-bond acceptors (Lipinski definition) is 4. The maximum absolute atomic E-state index is 11.8. The molecule has 180 valence electrons. The fourth-order valence-electron chi connectivity index (χ4n) is 3.92. The number of nitrogens with one attached hydrogen (secondary N) is 3. The Kier molecular flexibility index (Phi) is 11.3. The Morgan fingerprint density at radius 2 is 2.00 bits per heavy atom. The molecule has 8 heteroatoms. The summed E-state index contributed by atoms with van der Waals surface area (Å²) >= 11 is 0. The minimum Gasteiger partial charge on any atom is -0.497 e. The largest absolute Gasteiger partial charge is 0.497 e. The Bertz CT molecular complexity index is 921. The van der Waals surface area contributed by atoms with Crippen LogP contribution in [0, 0.1) is 5.92 Å². The second-order valence-corrected chi connectivity index (χ2v) is 7.98. The summed E-state index contributed by atoms with van der Waals surface area (Å²) in [5, 5.41) is 9.42. The van der Waals surface area contributed by atoms with Gasteiger partial charge in [0.25, 0.3) is 5.91 Å². The minimum atomic E-state index is -0.0609. The molecule has 1 amide bonds. The highest BCUT2D eigenvalue weighted by Gasteiger charge is 2.22. The maximum Gasteiger partial charge on any atom is 0.251 e. The number of methoxy groups -OCH3 is 1. The van der Waals surface area contributed by atoms with E-state index in [0.717, 1.165) is 62.8 Å². The molecule has 0 aliphatic carbocycles. The van der Waals surface area contributed by atoms with E-state index in [1.165, 1.54) is 5.69 Å². The van der Waals surface area contributed by atoms with E-state index < -0.39 is 0 Å². The molecule has 1 heterocycles. The van der Waals surface area contributed by atoms with Gasteiger partial charge in [0, 0.05) is 57.1 Å². The summed E-state index contributed by atoms with van der Waals surface area (Å²) in [7, 11) is 3.35. The quantitative estimate of drug-likeness (QED) is 0.247. The van der Waals surface area contributed by atoms with Crippen LogP contribution in [0.5, 0.6) is 5.75 Å². The summed E-state index contributed by atoms with van der Waals surface area (Å²) in [5.41, 5.74) is 3.02. The molecule has 33 heavy (non-hydrogen) atoms. The van der Waals surface area contributed by atoms with E-state index in [2.05, 4.69) is 39.9 Å². The van der Waals surface area contributed by atoms with E-state index in [9.17, 15) is 4.79 Å². The van der Waals surface area contributed by atoms with Gasteiger partial charge >= 0.3 is 0 Å². The first-order valence-corrected chi connectivity index (χ1v) is 11.3. The summed E-state index contributed by atoms with van der Waals surface area (Å²) < 4.78 is 5.36. The van der Waals surface area contributed by atoms with Gasteiger partial charge in [0.2, 0.25) is 0 Å². The van der Waals surface area contributed by atoms with Crippen LogP contribution in [0.25, 0.3) is 0 Å². The molecular weight excluding hydrogens is 529 g/mol. The zero-order chi connectivity index (χ0) is 22.8. The summed E-state index contributed by atoms with van der Waals surface area (Å²) in [6.45, 7) is 6.48. The van der Waals surface area contributed by atoms with Gasteiger partial charge in [-0.1, -0.05) is 18.2 Å². The molecule has 0 bridgehead atoms. The third kappa shape index (κ3) is 8.10. The normalized spacial score (nSPS) is 15.5. The second-order valence-electron chi connectivity index (χ2n) is 7.98. The number of amides is 1. The number of benzene rings is 2. The lowest BCUT2D eigenvalue weighted by Gasteiger charge is -2.19. The van der Waals surface area contributed by atoms with E-state index in [4.69, 9.17) is 9.73 Å². The smallest absolute Gasteiger partial charge is 0.251 e. The van der Waals surface area contributed by atoms with Crippen molar-refractivity contribution in [2.24, 2.45) is 10.9 Å². The van der Waals surface area contributed by atoms with Crippen molar-refractivity contribution < 1.29 is 9.53 Å². The standard InChI is InChI=1S/C25H35N5O2.HI/c1-4-27-25(28-13-11-19-7-5-8-21(15-19)24(31)26-2)29-17-20-12-14-30(18-20)22-9-6-10-23(16-22)32-3;/h5-10,15-16,20H,4,11-14,17-18H2,1-3H3,(H,26,31)(H2,27,28,29);1H. The number of guanidine groups is 1. The van der Waals surface area contributed by atoms with Crippen LogP contribution >= 0.6 is 24.0 Å². The summed E-state index contributed by atoms with van der Waals surface area (Å²) in [5.74, 6) is 2.20. The van der Waals surface area contributed by atoms with Crippen molar-refractivity contribution in [2.75, 3.05) is 51.8 Å². The van der Waals surface area contributed by atoms with Crippen molar-refractivity contribution in [3.63, 3.8) is 0 Å². The molecule has 1 fully saturated rings. The second kappa shape index (κ2) is 13.9. The van der Waals surface area contributed by atoms with Crippen LogP contribution in [0.3, 0.4) is 0 Å². The Morgan fingerprint density at radius 1 is 1.18 bits per heavy atom. The Hall–Kier alpha value is -2.49. The average molecular weight is 566 g/mol. The monoisotopic (exact) mass is 565 g/mol. The van der Waals surface area contributed by atoms with E-state index in [0.29, 0.717) is 11.5 Å². The molecule has 3 rings (SSSR count). The number of aliphatic imine (C=N–C) groups is 1. The van der Waals surface area contributed by atoms with Gasteiger partial charge in [-0.05, 0) is 55.5 Å². The predicted molar refractivity (Wildman–Crippen MR) is 146 cm³/mol. The minimum absolute atomic E-state index is 0. The van der Waals surface area contributed by atoms with Crippen LogP contribution in [0.1, 0.15) is 29.3 Å². The van der Waals surface area contributed by atoms with Crippen molar-refractivity contribution in [3.05, 3.63) is 59.7 Å². The zero-order valence-electron chi connectivity index (χ0n) is 19.8. The van der Waals surface area contributed by atoms with E-state index >= 15 is 0 Å². The number of halogens is 1. The number of nitrogens with zero attached hydrogens (tertiary/aromatic N) is 2. The van der Waals surface area contributed by atoms with Gasteiger partial charge in [-0.2, -0.15) is 0 Å². The van der Waals surface area contributed by atoms with Crippen molar-refractivity contribution >= 4 is 41.5 Å². The van der Waals surface area contributed by atoms with Crippen LogP contribution < -0.4 is 25.6 Å². The van der Waals surface area contributed by atoms with Crippen molar-refractivity contribution in [1.82, 2.24) is 16.0 Å². The SMILES string of the molecule is CCNC(=NCC1CCN(c2cccc(OC)c2)C1)NCCc1cccc(C(=O)NC)c1.I. The van der Waals surface area contributed by atoms with Gasteiger partial charge in [-0.3, -0.25) is 9.79 Å². The van der Waals surface area contributed by atoms with Gasteiger partial charge in [-0.25, -0.2) is 0 Å². The Labute approximate surface area is 214 Å². The third-order valence-electron chi connectivity index (χ3n) is 5.68. The van der Waals surface area contributed by atoms with Crippen molar-refractivity contribution in [1.29, 1.82) is 0 Å². The molecular formula is C25H36IN5O2. The molecule has 1 unspecified atom stereocenters. The van der Waals surface area contributed by atoms with Gasteiger partial charge < -0.3 is 25.6 Å². The molecule has 3 N–H and O–H groups in total. The summed E-state index contributed by atoms with van der Waals surface area (Å²) in [4.78, 5) is 19.1. The number of anilines is 1. The molecule has 1 saturated heterocycles. The molecule has 0 aromatic heterocycles. The first-order valence-electron chi connectivity index (χ1n) is 11.3. The third-order valence-corrected chi connectivity index (χ3v) is 5.68. The highest BCUT2D eigenvalue weighted by atomic mass is 127. The van der Waals surface area contributed by atoms with Crippen molar-refractivity contribution in [2.45, 2.75) is 19.8 Å². The Balaban J connectivity index is 0.00000385. The molecule has 2 aromatic rings. The lowest BCUT2D eigenvalue weighted by Crippen LogP contribution is -2.38. The van der Waals surface area contributed by atoms with E-state index in [-0.39, 0.29) is 29.9 Å². The molecule has 2 aromatic carbocycles. The topological polar surface area (TPSA) is 78.0 Å². The molecule has 0 spiro atoms. The van der Waals surface area contributed by atoms with Gasteiger partial charge in [0.05, 0.1) is 7.11 Å². The number of carbonyl (C=O) groups is 1. The number of rotatable bonds is 9. The zero-order valence-corrected chi connectivity index (χ0v) is 22.1. The molecule has 1 atom stereocenters. The lowest BCUT2D eigenvalue weighted by molar-refractivity contribution is 0.0963. The number of carbonyl (C=O) groups excluding carboxylic acids is 1. The predicted octanol–water partition coefficient (Wildman–Crippen LogP) is 3.30. The fraction of sp³-hybridized carbons (Fsp3) is 0.440. The van der Waals surface area contributed by atoms with Crippen LogP contribution in [0.4, 0.5) is 5.69 Å². The van der Waals surface area contributed by atoms with Gasteiger partial charge in [-0.15, -0.1) is 24.0 Å². The van der Waals surface area contributed by atoms with Gasteiger partial charge in [0.15, 0.2) is 5.96 Å². The number of hydrogen-bond donors (Lipinski definition) is 3. The molecule has 1 aliphatic heterocycles. The number of ether oxygens (including phenoxy) is 1. The molecule has 1 aliphatic rings. The molecule has 0 saturated carbocycles. The lowest BCUT2D eigenvalue weighted by atomic mass is 10.1. The van der Waals surface area contributed by atoms with Crippen LogP contribution in [-0.2, 0) is 6.42 Å².